The van der Waals surface area contributed by atoms with Crippen LogP contribution in [0.3, 0.4) is 0 Å². The molecular formula is C22H31N5O9S. The highest BCUT2D eigenvalue weighted by molar-refractivity contribution is 7.98. The molecule has 4 atom stereocenters. The number of thioether (sulfide) groups is 1. The summed E-state index contributed by atoms with van der Waals surface area (Å²) in [4.78, 5) is 71.9. The van der Waals surface area contributed by atoms with Crippen molar-refractivity contribution in [3.05, 3.63) is 29.8 Å². The Balaban J connectivity index is 3.13. The van der Waals surface area contributed by atoms with Gasteiger partial charge in [-0.25, -0.2) is 4.79 Å². The van der Waals surface area contributed by atoms with Gasteiger partial charge in [0.05, 0.1) is 18.9 Å². The molecule has 0 heterocycles. The number of phenols is 1. The van der Waals surface area contributed by atoms with Crippen LogP contribution in [0, 0.1) is 0 Å². The first-order valence-electron chi connectivity index (χ1n) is 11.0. The highest BCUT2D eigenvalue weighted by Crippen LogP contribution is 2.12. The first-order valence-corrected chi connectivity index (χ1v) is 12.4. The molecule has 1 aromatic rings. The average Bonchev–Trinajstić information content (AvgIpc) is 2.81. The Hall–Kier alpha value is -3.85. The summed E-state index contributed by atoms with van der Waals surface area (Å²) in [5.41, 5.74) is 11.2. The predicted molar refractivity (Wildman–Crippen MR) is 132 cm³/mol. The highest BCUT2D eigenvalue weighted by Gasteiger charge is 2.31. The van der Waals surface area contributed by atoms with Gasteiger partial charge in [-0.2, -0.15) is 11.8 Å². The van der Waals surface area contributed by atoms with E-state index in [4.69, 9.17) is 16.6 Å². The van der Waals surface area contributed by atoms with Crippen molar-refractivity contribution in [2.45, 2.75) is 49.9 Å². The minimum Gasteiger partial charge on any atom is -0.508 e. The maximum absolute atomic E-state index is 13.2. The smallest absolute Gasteiger partial charge is 0.326 e. The largest absolute Gasteiger partial charge is 0.508 e. The van der Waals surface area contributed by atoms with E-state index in [1.807, 2.05) is 0 Å². The van der Waals surface area contributed by atoms with E-state index >= 15 is 0 Å². The number of nitrogens with two attached hydrogens (primary N) is 2. The number of aromatic hydroxyl groups is 1. The number of carbonyl (C=O) groups excluding carboxylic acids is 4. The van der Waals surface area contributed by atoms with Gasteiger partial charge in [0.25, 0.3) is 0 Å². The van der Waals surface area contributed by atoms with Crippen LogP contribution in [0.1, 0.15) is 24.8 Å². The zero-order chi connectivity index (χ0) is 28.1. The number of primary amides is 1. The summed E-state index contributed by atoms with van der Waals surface area (Å²) >= 11 is 1.36. The van der Waals surface area contributed by atoms with Crippen molar-refractivity contribution < 1.29 is 44.1 Å². The Kier molecular flexibility index (Phi) is 12.9. The molecule has 0 spiro atoms. The maximum Gasteiger partial charge on any atom is 0.326 e. The van der Waals surface area contributed by atoms with Crippen LogP contribution in [-0.4, -0.2) is 87.1 Å². The van der Waals surface area contributed by atoms with Crippen LogP contribution in [0.2, 0.25) is 0 Å². The van der Waals surface area contributed by atoms with Crippen LogP contribution in [0.15, 0.2) is 24.3 Å². The molecule has 0 radical (unpaired) electrons. The fourth-order valence-electron chi connectivity index (χ4n) is 3.09. The van der Waals surface area contributed by atoms with Crippen LogP contribution in [-0.2, 0) is 35.2 Å². The van der Waals surface area contributed by atoms with Gasteiger partial charge >= 0.3 is 11.9 Å². The van der Waals surface area contributed by atoms with Crippen LogP contribution in [0.25, 0.3) is 0 Å². The minimum absolute atomic E-state index is 0.0324. The lowest BCUT2D eigenvalue weighted by Crippen LogP contribution is -2.58. The van der Waals surface area contributed by atoms with Crippen LogP contribution in [0.4, 0.5) is 0 Å². The molecule has 0 aliphatic rings. The SMILES string of the molecule is CSCCC(NC(=O)C(Cc1ccc(O)cc1)NC(=O)C(N)CC(=O)O)C(=O)NC(CC(N)=O)C(=O)O. The van der Waals surface area contributed by atoms with E-state index < -0.39 is 72.6 Å². The van der Waals surface area contributed by atoms with Gasteiger partial charge in [-0.15, -0.1) is 0 Å². The maximum atomic E-state index is 13.2. The standard InChI is InChI=1S/C22H31N5O9S/c1-37-7-6-14(20(33)27-16(22(35)36)10-17(24)29)25-21(34)15(8-11-2-4-12(28)5-3-11)26-19(32)13(23)9-18(30)31/h2-5,13-16,28H,6-10,23H2,1H3,(H2,24,29)(H,25,34)(H,26,32)(H,27,33)(H,30,31)(H,35,36). The van der Waals surface area contributed by atoms with Gasteiger partial charge in [0.2, 0.25) is 23.6 Å². The molecular weight excluding hydrogens is 510 g/mol. The zero-order valence-electron chi connectivity index (χ0n) is 20.0. The zero-order valence-corrected chi connectivity index (χ0v) is 20.8. The number of carboxylic acid groups (broad SMARTS) is 2. The Morgan fingerprint density at radius 3 is 1.92 bits per heavy atom. The molecule has 1 rings (SSSR count). The predicted octanol–water partition coefficient (Wildman–Crippen LogP) is -2.10. The number of nitrogens with one attached hydrogen (secondary N) is 3. The van der Waals surface area contributed by atoms with Gasteiger partial charge in [-0.3, -0.25) is 24.0 Å². The first-order chi connectivity index (χ1) is 17.3. The van der Waals surface area contributed by atoms with Gasteiger partial charge < -0.3 is 42.7 Å². The van der Waals surface area contributed by atoms with E-state index in [1.54, 1.807) is 6.26 Å². The number of hydrogen-bond donors (Lipinski definition) is 8. The summed E-state index contributed by atoms with van der Waals surface area (Å²) < 4.78 is 0. The highest BCUT2D eigenvalue weighted by atomic mass is 32.2. The third kappa shape index (κ3) is 11.6. The van der Waals surface area contributed by atoms with Crippen LogP contribution >= 0.6 is 11.8 Å². The Bertz CT molecular complexity index is 989. The number of amides is 4. The molecule has 0 aliphatic heterocycles. The number of carbonyl (C=O) groups is 6. The molecule has 0 saturated carbocycles. The summed E-state index contributed by atoms with van der Waals surface area (Å²) in [6, 6.07) is 0.123. The van der Waals surface area contributed by atoms with Crippen molar-refractivity contribution in [2.24, 2.45) is 11.5 Å². The van der Waals surface area contributed by atoms with E-state index in [9.17, 15) is 39.0 Å². The molecule has 15 heteroatoms. The summed E-state index contributed by atoms with van der Waals surface area (Å²) in [7, 11) is 0. The van der Waals surface area contributed by atoms with Crippen molar-refractivity contribution in [1.29, 1.82) is 0 Å². The van der Waals surface area contributed by atoms with E-state index in [2.05, 4.69) is 16.0 Å². The topological polar surface area (TPSA) is 251 Å². The number of hydrogen-bond acceptors (Lipinski definition) is 9. The van der Waals surface area contributed by atoms with E-state index in [-0.39, 0.29) is 18.6 Å². The average molecular weight is 542 g/mol. The molecule has 0 fully saturated rings. The number of aliphatic carboxylic acids is 2. The summed E-state index contributed by atoms with van der Waals surface area (Å²) in [6.07, 6.45) is 0.384. The lowest BCUT2D eigenvalue weighted by Gasteiger charge is -2.25. The molecule has 4 amide bonds. The molecule has 1 aromatic carbocycles. The second-order valence-electron chi connectivity index (χ2n) is 8.05. The minimum atomic E-state index is -1.61. The fraction of sp³-hybridized carbons (Fsp3) is 0.455. The van der Waals surface area contributed by atoms with Gasteiger partial charge in [0.1, 0.15) is 23.9 Å². The van der Waals surface area contributed by atoms with Crippen molar-refractivity contribution in [1.82, 2.24) is 16.0 Å². The van der Waals surface area contributed by atoms with Gasteiger partial charge in [-0.1, -0.05) is 12.1 Å². The van der Waals surface area contributed by atoms with E-state index in [1.165, 1.54) is 36.0 Å². The van der Waals surface area contributed by atoms with Crippen LogP contribution < -0.4 is 27.4 Å². The van der Waals surface area contributed by atoms with E-state index in [0.29, 0.717) is 11.3 Å². The van der Waals surface area contributed by atoms with Crippen molar-refractivity contribution in [3.63, 3.8) is 0 Å². The number of rotatable bonds is 16. The Morgan fingerprint density at radius 2 is 1.41 bits per heavy atom. The second-order valence-corrected chi connectivity index (χ2v) is 9.03. The molecule has 0 aliphatic carbocycles. The molecule has 4 unspecified atom stereocenters. The molecule has 10 N–H and O–H groups in total. The summed E-state index contributed by atoms with van der Waals surface area (Å²) in [6.45, 7) is 0. The third-order valence-electron chi connectivity index (χ3n) is 5.00. The Labute approximate surface area is 216 Å². The monoisotopic (exact) mass is 541 g/mol. The molecule has 0 bridgehead atoms. The number of benzene rings is 1. The summed E-state index contributed by atoms with van der Waals surface area (Å²) in [5, 5.41) is 34.7. The number of carboxylic acids is 2. The molecule has 204 valence electrons. The lowest BCUT2D eigenvalue weighted by molar-refractivity contribution is -0.143. The van der Waals surface area contributed by atoms with Crippen molar-refractivity contribution in [3.8, 4) is 5.75 Å². The van der Waals surface area contributed by atoms with Crippen molar-refractivity contribution in [2.75, 3.05) is 12.0 Å². The normalized spacial score (nSPS) is 13.9. The first kappa shape index (κ1) is 31.2. The van der Waals surface area contributed by atoms with E-state index in [0.717, 1.165) is 0 Å². The van der Waals surface area contributed by atoms with Gasteiger partial charge in [-0.05, 0) is 36.1 Å². The molecule has 0 saturated heterocycles. The Morgan fingerprint density at radius 1 is 0.865 bits per heavy atom. The van der Waals surface area contributed by atoms with Gasteiger partial charge in [0.15, 0.2) is 0 Å². The van der Waals surface area contributed by atoms with Gasteiger partial charge in [0, 0.05) is 6.42 Å². The van der Waals surface area contributed by atoms with Crippen molar-refractivity contribution >= 4 is 47.3 Å². The lowest BCUT2D eigenvalue weighted by atomic mass is 10.0. The summed E-state index contributed by atoms with van der Waals surface area (Å²) in [5.74, 6) is -6.03. The molecule has 14 nitrogen and oxygen atoms in total. The quantitative estimate of drug-likeness (QED) is 0.112. The fourth-order valence-corrected chi connectivity index (χ4v) is 3.56. The third-order valence-corrected chi connectivity index (χ3v) is 5.65. The molecule has 37 heavy (non-hydrogen) atoms. The second kappa shape index (κ2) is 15.3. The molecule has 0 aromatic heterocycles. The van der Waals surface area contributed by atoms with Crippen LogP contribution in [0.5, 0.6) is 5.75 Å². The number of phenolic OH excluding ortho intramolecular Hbond substituents is 1.